The molecular formula is C16H21BrFNO. The standard InChI is InChI=1S/C16H21BrFNO/c1-5-6-19-15(16(2,3)4)13-8-10-7-11(17)9-12(18)14(10)20-13/h7-9,15,19H,5-6H2,1-4H3. The third-order valence-corrected chi connectivity index (χ3v) is 3.76. The summed E-state index contributed by atoms with van der Waals surface area (Å²) in [6.45, 7) is 9.49. The molecule has 0 aliphatic carbocycles. The number of hydrogen-bond acceptors (Lipinski definition) is 2. The summed E-state index contributed by atoms with van der Waals surface area (Å²) in [5, 5.41) is 4.28. The lowest BCUT2D eigenvalue weighted by Crippen LogP contribution is -2.32. The molecule has 0 spiro atoms. The molecule has 1 N–H and O–H groups in total. The van der Waals surface area contributed by atoms with Gasteiger partial charge in [-0.15, -0.1) is 0 Å². The SMILES string of the molecule is CCCNC(c1cc2cc(Br)cc(F)c2o1)C(C)(C)C. The van der Waals surface area contributed by atoms with E-state index in [1.807, 2.05) is 12.1 Å². The van der Waals surface area contributed by atoms with Gasteiger partial charge in [0.2, 0.25) is 0 Å². The minimum Gasteiger partial charge on any atom is -0.456 e. The fourth-order valence-electron chi connectivity index (χ4n) is 2.36. The maximum atomic E-state index is 13.9. The van der Waals surface area contributed by atoms with Crippen LogP contribution in [0.2, 0.25) is 0 Å². The van der Waals surface area contributed by atoms with Crippen molar-refractivity contribution in [2.24, 2.45) is 5.41 Å². The summed E-state index contributed by atoms with van der Waals surface area (Å²) in [7, 11) is 0. The van der Waals surface area contributed by atoms with Crippen molar-refractivity contribution in [2.75, 3.05) is 6.54 Å². The molecule has 0 bridgehead atoms. The molecule has 1 heterocycles. The fourth-order valence-corrected chi connectivity index (χ4v) is 2.81. The molecule has 1 aromatic carbocycles. The normalized spacial score (nSPS) is 13.9. The highest BCUT2D eigenvalue weighted by Crippen LogP contribution is 2.37. The first kappa shape index (κ1) is 15.5. The molecule has 110 valence electrons. The van der Waals surface area contributed by atoms with Crippen molar-refractivity contribution in [3.63, 3.8) is 0 Å². The zero-order valence-corrected chi connectivity index (χ0v) is 14.0. The van der Waals surface area contributed by atoms with E-state index in [4.69, 9.17) is 4.42 Å². The van der Waals surface area contributed by atoms with E-state index >= 15 is 0 Å². The number of hydrogen-bond donors (Lipinski definition) is 1. The Bertz CT molecular complexity index is 600. The average molecular weight is 342 g/mol. The molecule has 4 heteroatoms. The smallest absolute Gasteiger partial charge is 0.170 e. The van der Waals surface area contributed by atoms with Gasteiger partial charge < -0.3 is 9.73 Å². The second-order valence-corrected chi connectivity index (χ2v) is 7.12. The highest BCUT2D eigenvalue weighted by Gasteiger charge is 2.29. The summed E-state index contributed by atoms with van der Waals surface area (Å²) in [6, 6.07) is 5.31. The Morgan fingerprint density at radius 2 is 2.00 bits per heavy atom. The molecule has 1 unspecified atom stereocenters. The van der Waals surface area contributed by atoms with Crippen molar-refractivity contribution >= 4 is 26.9 Å². The van der Waals surface area contributed by atoms with E-state index < -0.39 is 0 Å². The number of furan rings is 1. The minimum atomic E-state index is -0.330. The molecule has 0 radical (unpaired) electrons. The molecule has 0 aliphatic heterocycles. The minimum absolute atomic E-state index is 0.00322. The largest absolute Gasteiger partial charge is 0.456 e. The molecule has 2 nitrogen and oxygen atoms in total. The van der Waals surface area contributed by atoms with Crippen LogP contribution in [0.3, 0.4) is 0 Å². The topological polar surface area (TPSA) is 25.2 Å². The van der Waals surface area contributed by atoms with Gasteiger partial charge in [0.15, 0.2) is 11.4 Å². The van der Waals surface area contributed by atoms with Crippen LogP contribution in [-0.2, 0) is 0 Å². The van der Waals surface area contributed by atoms with Crippen LogP contribution in [0.15, 0.2) is 27.1 Å². The van der Waals surface area contributed by atoms with Crippen LogP contribution in [0, 0.1) is 11.2 Å². The van der Waals surface area contributed by atoms with E-state index in [1.165, 1.54) is 6.07 Å². The van der Waals surface area contributed by atoms with E-state index in [1.54, 1.807) is 0 Å². The van der Waals surface area contributed by atoms with Crippen LogP contribution in [0.1, 0.15) is 45.9 Å². The van der Waals surface area contributed by atoms with Gasteiger partial charge in [0.05, 0.1) is 6.04 Å². The summed E-state index contributed by atoms with van der Waals surface area (Å²) < 4.78 is 20.4. The molecule has 0 saturated heterocycles. The van der Waals surface area contributed by atoms with Crippen LogP contribution in [0.4, 0.5) is 4.39 Å². The van der Waals surface area contributed by atoms with Crippen molar-refractivity contribution in [1.29, 1.82) is 0 Å². The lowest BCUT2D eigenvalue weighted by molar-refractivity contribution is 0.241. The number of nitrogens with one attached hydrogen (secondary N) is 1. The lowest BCUT2D eigenvalue weighted by Gasteiger charge is -2.29. The summed E-state index contributed by atoms with van der Waals surface area (Å²) in [6.07, 6.45) is 1.05. The number of fused-ring (bicyclic) bond motifs is 1. The second kappa shape index (κ2) is 5.86. The molecule has 20 heavy (non-hydrogen) atoms. The fraction of sp³-hybridized carbons (Fsp3) is 0.500. The summed E-state index contributed by atoms with van der Waals surface area (Å²) in [5.74, 6) is 0.460. The molecule has 0 aliphatic rings. The average Bonchev–Trinajstić information content (AvgIpc) is 2.71. The van der Waals surface area contributed by atoms with Crippen molar-refractivity contribution in [2.45, 2.75) is 40.2 Å². The van der Waals surface area contributed by atoms with E-state index in [2.05, 4.69) is 48.9 Å². The molecule has 1 atom stereocenters. The van der Waals surface area contributed by atoms with Gasteiger partial charge in [-0.2, -0.15) is 0 Å². The Kier molecular flexibility index (Phi) is 4.55. The van der Waals surface area contributed by atoms with Gasteiger partial charge in [-0.1, -0.05) is 43.6 Å². The molecule has 0 saturated carbocycles. The Balaban J connectivity index is 2.46. The highest BCUT2D eigenvalue weighted by atomic mass is 79.9. The third-order valence-electron chi connectivity index (χ3n) is 3.30. The van der Waals surface area contributed by atoms with Gasteiger partial charge in [-0.05, 0) is 36.6 Å². The molecule has 1 aromatic heterocycles. The van der Waals surface area contributed by atoms with Gasteiger partial charge in [0, 0.05) is 9.86 Å². The van der Waals surface area contributed by atoms with E-state index in [0.717, 1.165) is 28.6 Å². The monoisotopic (exact) mass is 341 g/mol. The van der Waals surface area contributed by atoms with Gasteiger partial charge in [0.1, 0.15) is 5.76 Å². The first-order valence-corrected chi connectivity index (χ1v) is 7.74. The first-order chi connectivity index (χ1) is 9.32. The highest BCUT2D eigenvalue weighted by molar-refractivity contribution is 9.10. The summed E-state index contributed by atoms with van der Waals surface area (Å²) in [4.78, 5) is 0. The number of halogens is 2. The lowest BCUT2D eigenvalue weighted by atomic mass is 9.85. The predicted octanol–water partition coefficient (Wildman–Crippen LogP) is 5.42. The molecule has 2 aromatic rings. The van der Waals surface area contributed by atoms with Gasteiger partial charge >= 0.3 is 0 Å². The third kappa shape index (κ3) is 3.23. The number of benzene rings is 1. The second-order valence-electron chi connectivity index (χ2n) is 6.21. The Hall–Kier alpha value is -0.870. The van der Waals surface area contributed by atoms with Gasteiger partial charge in [-0.25, -0.2) is 4.39 Å². The Morgan fingerprint density at radius 1 is 1.30 bits per heavy atom. The number of rotatable bonds is 4. The van der Waals surface area contributed by atoms with Crippen molar-refractivity contribution in [3.8, 4) is 0 Å². The summed E-state index contributed by atoms with van der Waals surface area (Å²) >= 11 is 3.31. The van der Waals surface area contributed by atoms with E-state index in [9.17, 15) is 4.39 Å². The van der Waals surface area contributed by atoms with E-state index in [-0.39, 0.29) is 17.3 Å². The van der Waals surface area contributed by atoms with E-state index in [0.29, 0.717) is 5.58 Å². The molecular weight excluding hydrogens is 321 g/mol. The zero-order valence-electron chi connectivity index (χ0n) is 12.4. The van der Waals surface area contributed by atoms with Gasteiger partial charge in [0.25, 0.3) is 0 Å². The van der Waals surface area contributed by atoms with Crippen molar-refractivity contribution < 1.29 is 8.81 Å². The Morgan fingerprint density at radius 3 is 2.60 bits per heavy atom. The van der Waals surface area contributed by atoms with Crippen LogP contribution in [0.5, 0.6) is 0 Å². The van der Waals surface area contributed by atoms with Crippen molar-refractivity contribution in [3.05, 3.63) is 34.2 Å². The maximum absolute atomic E-state index is 13.9. The zero-order chi connectivity index (χ0) is 14.9. The summed E-state index contributed by atoms with van der Waals surface area (Å²) in [5.41, 5.74) is 0.326. The van der Waals surface area contributed by atoms with Gasteiger partial charge in [-0.3, -0.25) is 0 Å². The van der Waals surface area contributed by atoms with Crippen LogP contribution in [-0.4, -0.2) is 6.54 Å². The molecule has 2 rings (SSSR count). The van der Waals surface area contributed by atoms with Crippen molar-refractivity contribution in [1.82, 2.24) is 5.32 Å². The predicted molar refractivity (Wildman–Crippen MR) is 84.4 cm³/mol. The van der Waals surface area contributed by atoms with Crippen LogP contribution in [0.25, 0.3) is 11.0 Å². The molecule has 0 fully saturated rings. The van der Waals surface area contributed by atoms with Crippen LogP contribution >= 0.6 is 15.9 Å². The Labute approximate surface area is 127 Å². The maximum Gasteiger partial charge on any atom is 0.170 e. The quantitative estimate of drug-likeness (QED) is 0.802. The van der Waals surface area contributed by atoms with Crippen LogP contribution < -0.4 is 5.32 Å². The molecule has 0 amide bonds. The first-order valence-electron chi connectivity index (χ1n) is 6.94.